The van der Waals surface area contributed by atoms with Gasteiger partial charge in [0.2, 0.25) is 0 Å². The third-order valence-corrected chi connectivity index (χ3v) is 3.66. The van der Waals surface area contributed by atoms with E-state index in [4.69, 9.17) is 0 Å². The molecule has 23 heavy (non-hydrogen) atoms. The summed E-state index contributed by atoms with van der Waals surface area (Å²) in [5.74, 6) is -0.928. The standard InChI is InChI=1S/C16H13N3O4/c20-16(21)9-15(11-4-2-1-3-5-11)18-10-17-13-8-12(19(22)23)6-7-14(13)18/h1-8,10,15H,9H2,(H,20,21)/t15-/m1/s1. The molecule has 3 rings (SSSR count). The van der Waals surface area contributed by atoms with Crippen molar-refractivity contribution in [3.8, 4) is 0 Å². The molecule has 0 saturated heterocycles. The predicted octanol–water partition coefficient (Wildman–Crippen LogP) is 3.01. The number of nitro benzene ring substituents is 1. The fourth-order valence-electron chi connectivity index (χ4n) is 2.60. The van der Waals surface area contributed by atoms with Crippen LogP contribution in [0.15, 0.2) is 54.9 Å². The predicted molar refractivity (Wildman–Crippen MR) is 83.2 cm³/mol. The van der Waals surface area contributed by atoms with Crippen LogP contribution in [0.2, 0.25) is 0 Å². The van der Waals surface area contributed by atoms with Gasteiger partial charge < -0.3 is 9.67 Å². The summed E-state index contributed by atoms with van der Waals surface area (Å²) < 4.78 is 1.74. The van der Waals surface area contributed by atoms with E-state index in [2.05, 4.69) is 4.98 Å². The number of aliphatic carboxylic acids is 1. The van der Waals surface area contributed by atoms with Crippen LogP contribution in [0.3, 0.4) is 0 Å². The minimum atomic E-state index is -0.928. The Hall–Kier alpha value is -3.22. The molecule has 3 aromatic rings. The summed E-state index contributed by atoms with van der Waals surface area (Å²) in [7, 11) is 0. The van der Waals surface area contributed by atoms with Gasteiger partial charge in [-0.1, -0.05) is 30.3 Å². The maximum Gasteiger partial charge on any atom is 0.305 e. The van der Waals surface area contributed by atoms with Gasteiger partial charge in [0.05, 0.1) is 34.7 Å². The van der Waals surface area contributed by atoms with Crippen molar-refractivity contribution in [3.05, 3.63) is 70.5 Å². The summed E-state index contributed by atoms with van der Waals surface area (Å²) in [5, 5.41) is 20.1. The van der Waals surface area contributed by atoms with Gasteiger partial charge in [0.15, 0.2) is 0 Å². The van der Waals surface area contributed by atoms with Crippen molar-refractivity contribution < 1.29 is 14.8 Å². The minimum absolute atomic E-state index is 0.0442. The highest BCUT2D eigenvalue weighted by atomic mass is 16.6. The molecule has 0 aliphatic heterocycles. The molecule has 0 amide bonds. The molecular weight excluding hydrogens is 298 g/mol. The Morgan fingerprint density at radius 1 is 1.26 bits per heavy atom. The SMILES string of the molecule is O=C(O)C[C@H](c1ccccc1)n1cnc2cc([N+](=O)[O-])ccc21. The number of carboxylic acids is 1. The number of aromatic nitrogens is 2. The summed E-state index contributed by atoms with van der Waals surface area (Å²) in [6.07, 6.45) is 1.42. The molecule has 1 atom stereocenters. The molecule has 1 N–H and O–H groups in total. The van der Waals surface area contributed by atoms with E-state index in [-0.39, 0.29) is 12.1 Å². The van der Waals surface area contributed by atoms with E-state index < -0.39 is 16.9 Å². The first-order chi connectivity index (χ1) is 11.1. The smallest absolute Gasteiger partial charge is 0.305 e. The van der Waals surface area contributed by atoms with Crippen molar-refractivity contribution in [2.75, 3.05) is 0 Å². The van der Waals surface area contributed by atoms with Crippen LogP contribution in [0.5, 0.6) is 0 Å². The molecule has 0 spiro atoms. The number of nitro groups is 1. The number of hydrogen-bond acceptors (Lipinski definition) is 4. The van der Waals surface area contributed by atoms with Crippen LogP contribution in [0.1, 0.15) is 18.0 Å². The highest BCUT2D eigenvalue weighted by Gasteiger charge is 2.20. The van der Waals surface area contributed by atoms with Gasteiger partial charge in [-0.3, -0.25) is 14.9 Å². The molecule has 0 aliphatic rings. The quantitative estimate of drug-likeness (QED) is 0.577. The Balaban J connectivity index is 2.11. The zero-order valence-corrected chi connectivity index (χ0v) is 12.0. The molecule has 0 bridgehead atoms. The number of fused-ring (bicyclic) bond motifs is 1. The van der Waals surface area contributed by atoms with E-state index in [1.165, 1.54) is 18.5 Å². The normalized spacial score (nSPS) is 12.2. The molecule has 1 heterocycles. The average Bonchev–Trinajstić information content (AvgIpc) is 2.96. The lowest BCUT2D eigenvalue weighted by atomic mass is 10.0. The molecule has 0 unspecified atom stereocenters. The van der Waals surface area contributed by atoms with Gasteiger partial charge in [-0.25, -0.2) is 4.98 Å². The van der Waals surface area contributed by atoms with Gasteiger partial charge in [-0.2, -0.15) is 0 Å². The van der Waals surface area contributed by atoms with Crippen molar-refractivity contribution in [1.29, 1.82) is 0 Å². The van der Waals surface area contributed by atoms with Crippen LogP contribution in [0, 0.1) is 10.1 Å². The molecule has 7 heteroatoms. The van der Waals surface area contributed by atoms with Crippen LogP contribution >= 0.6 is 0 Å². The Labute approximate surface area is 131 Å². The van der Waals surface area contributed by atoms with Crippen molar-refractivity contribution in [1.82, 2.24) is 9.55 Å². The van der Waals surface area contributed by atoms with E-state index in [0.29, 0.717) is 11.0 Å². The molecule has 0 aliphatic carbocycles. The van der Waals surface area contributed by atoms with Crippen molar-refractivity contribution in [3.63, 3.8) is 0 Å². The fraction of sp³-hybridized carbons (Fsp3) is 0.125. The highest BCUT2D eigenvalue weighted by molar-refractivity contribution is 5.79. The van der Waals surface area contributed by atoms with E-state index in [9.17, 15) is 20.0 Å². The second-order valence-electron chi connectivity index (χ2n) is 5.11. The number of imidazole rings is 1. The first kappa shape index (κ1) is 14.7. The van der Waals surface area contributed by atoms with Gasteiger partial charge in [0, 0.05) is 12.1 Å². The first-order valence-electron chi connectivity index (χ1n) is 6.94. The molecule has 116 valence electrons. The van der Waals surface area contributed by atoms with Crippen LogP contribution in [0.4, 0.5) is 5.69 Å². The third kappa shape index (κ3) is 2.89. The van der Waals surface area contributed by atoms with E-state index in [1.54, 1.807) is 10.6 Å². The van der Waals surface area contributed by atoms with E-state index >= 15 is 0 Å². The van der Waals surface area contributed by atoms with Gasteiger partial charge in [-0.15, -0.1) is 0 Å². The van der Waals surface area contributed by atoms with Crippen molar-refractivity contribution in [2.45, 2.75) is 12.5 Å². The Morgan fingerprint density at radius 2 is 2.00 bits per heavy atom. The number of rotatable bonds is 5. The number of non-ortho nitro benzene ring substituents is 1. The number of hydrogen-bond donors (Lipinski definition) is 1. The van der Waals surface area contributed by atoms with Crippen LogP contribution in [-0.2, 0) is 4.79 Å². The average molecular weight is 311 g/mol. The summed E-state index contributed by atoms with van der Waals surface area (Å²) >= 11 is 0. The maximum atomic E-state index is 11.2. The van der Waals surface area contributed by atoms with Crippen LogP contribution < -0.4 is 0 Å². The summed E-state index contributed by atoms with van der Waals surface area (Å²) in [6, 6.07) is 13.2. The van der Waals surface area contributed by atoms with Crippen LogP contribution in [-0.4, -0.2) is 25.6 Å². The summed E-state index contributed by atoms with van der Waals surface area (Å²) in [4.78, 5) is 25.8. The second-order valence-corrected chi connectivity index (χ2v) is 5.11. The van der Waals surface area contributed by atoms with Gasteiger partial charge in [-0.05, 0) is 11.6 Å². The Bertz CT molecular complexity index is 873. The lowest BCUT2D eigenvalue weighted by Crippen LogP contribution is -2.14. The fourth-order valence-corrected chi connectivity index (χ4v) is 2.60. The van der Waals surface area contributed by atoms with Crippen molar-refractivity contribution in [2.24, 2.45) is 0 Å². The Kier molecular flexibility index (Phi) is 3.76. The Morgan fingerprint density at radius 3 is 2.65 bits per heavy atom. The zero-order chi connectivity index (χ0) is 16.4. The van der Waals surface area contributed by atoms with Crippen LogP contribution in [0.25, 0.3) is 11.0 Å². The monoisotopic (exact) mass is 311 g/mol. The molecule has 0 fully saturated rings. The number of nitrogens with zero attached hydrogens (tertiary/aromatic N) is 3. The molecular formula is C16H13N3O4. The highest BCUT2D eigenvalue weighted by Crippen LogP contribution is 2.28. The van der Waals surface area contributed by atoms with Gasteiger partial charge >= 0.3 is 5.97 Å². The minimum Gasteiger partial charge on any atom is -0.481 e. The van der Waals surface area contributed by atoms with E-state index in [1.807, 2.05) is 30.3 Å². The summed E-state index contributed by atoms with van der Waals surface area (Å²) in [5.41, 5.74) is 1.92. The van der Waals surface area contributed by atoms with Gasteiger partial charge in [0.1, 0.15) is 0 Å². The second kappa shape index (κ2) is 5.88. The van der Waals surface area contributed by atoms with Crippen molar-refractivity contribution >= 4 is 22.7 Å². The number of benzene rings is 2. The largest absolute Gasteiger partial charge is 0.481 e. The molecule has 0 saturated carbocycles. The molecule has 2 aromatic carbocycles. The number of carboxylic acid groups (broad SMARTS) is 1. The first-order valence-corrected chi connectivity index (χ1v) is 6.94. The summed E-state index contributed by atoms with van der Waals surface area (Å²) in [6.45, 7) is 0. The van der Waals surface area contributed by atoms with Gasteiger partial charge in [0.25, 0.3) is 5.69 Å². The lowest BCUT2D eigenvalue weighted by Gasteiger charge is -2.18. The number of carbonyl (C=O) groups is 1. The third-order valence-electron chi connectivity index (χ3n) is 3.66. The zero-order valence-electron chi connectivity index (χ0n) is 12.0. The molecule has 7 nitrogen and oxygen atoms in total. The lowest BCUT2D eigenvalue weighted by molar-refractivity contribution is -0.384. The van der Waals surface area contributed by atoms with E-state index in [0.717, 1.165) is 5.56 Å². The molecule has 0 radical (unpaired) electrons. The topological polar surface area (TPSA) is 98.3 Å². The molecule has 1 aromatic heterocycles. The maximum absolute atomic E-state index is 11.2.